The quantitative estimate of drug-likeness (QED) is 0.297. The number of ether oxygens (including phenoxy) is 1. The van der Waals surface area contributed by atoms with Crippen LogP contribution in [-0.4, -0.2) is 21.1 Å². The molecular weight excluding hydrogens is 436 g/mol. The third-order valence-corrected chi connectivity index (χ3v) is 6.04. The maximum absolute atomic E-state index is 10.00. The molecule has 35 heavy (non-hydrogen) atoms. The number of nitrogens with one attached hydrogen (secondary N) is 1. The van der Waals surface area contributed by atoms with Crippen LogP contribution in [0, 0.1) is 11.3 Å². The Morgan fingerprint density at radius 1 is 1.11 bits per heavy atom. The van der Waals surface area contributed by atoms with Crippen molar-refractivity contribution in [1.82, 2.24) is 14.5 Å². The van der Waals surface area contributed by atoms with Gasteiger partial charge in [0.05, 0.1) is 47.0 Å². The molecule has 0 radical (unpaired) electrons. The molecule has 3 heterocycles. The van der Waals surface area contributed by atoms with Crippen molar-refractivity contribution in [2.24, 2.45) is 0 Å². The van der Waals surface area contributed by atoms with E-state index in [1.54, 1.807) is 0 Å². The highest BCUT2D eigenvalue weighted by atomic mass is 16.5. The van der Waals surface area contributed by atoms with E-state index < -0.39 is 0 Å². The molecule has 2 aromatic carbocycles. The monoisotopic (exact) mass is 462 g/mol. The molecule has 7 nitrogen and oxygen atoms in total. The lowest BCUT2D eigenvalue weighted by Gasteiger charge is -2.16. The molecule has 0 unspecified atom stereocenters. The normalized spacial score (nSPS) is 11.0. The van der Waals surface area contributed by atoms with Crippen molar-refractivity contribution in [1.29, 1.82) is 5.26 Å². The SMILES string of the molecule is CCOc1cc2nc(CC)c(C#N)c(Nc3ccc4c(ccn4Cc4ccccn4)c3)c2cc1N. The molecule has 174 valence electrons. The largest absolute Gasteiger partial charge is 0.492 e. The average molecular weight is 463 g/mol. The lowest BCUT2D eigenvalue weighted by Crippen LogP contribution is -2.04. The maximum atomic E-state index is 10.00. The molecule has 3 aromatic heterocycles. The second-order valence-electron chi connectivity index (χ2n) is 8.28. The molecule has 3 N–H and O–H groups in total. The Morgan fingerprint density at radius 2 is 2.00 bits per heavy atom. The van der Waals surface area contributed by atoms with Gasteiger partial charge < -0.3 is 20.4 Å². The lowest BCUT2D eigenvalue weighted by atomic mass is 10.0. The first-order valence-electron chi connectivity index (χ1n) is 11.7. The van der Waals surface area contributed by atoms with Crippen LogP contribution in [0.2, 0.25) is 0 Å². The summed E-state index contributed by atoms with van der Waals surface area (Å²) in [6.07, 6.45) is 4.51. The van der Waals surface area contributed by atoms with Crippen LogP contribution in [-0.2, 0) is 13.0 Å². The number of benzene rings is 2. The number of aromatic nitrogens is 3. The summed E-state index contributed by atoms with van der Waals surface area (Å²) in [6, 6.07) is 20.2. The number of nitrogen functional groups attached to an aromatic ring is 1. The lowest BCUT2D eigenvalue weighted by molar-refractivity contribution is 0.342. The Balaban J connectivity index is 1.57. The van der Waals surface area contributed by atoms with E-state index in [4.69, 9.17) is 15.5 Å². The van der Waals surface area contributed by atoms with Gasteiger partial charge >= 0.3 is 0 Å². The van der Waals surface area contributed by atoms with Crippen molar-refractivity contribution >= 4 is 38.9 Å². The zero-order chi connectivity index (χ0) is 24.4. The fraction of sp³-hybridized carbons (Fsp3) is 0.179. The number of hydrogen-bond donors (Lipinski definition) is 2. The van der Waals surface area contributed by atoms with Gasteiger partial charge in [-0.1, -0.05) is 13.0 Å². The van der Waals surface area contributed by atoms with Crippen LogP contribution in [0.15, 0.2) is 67.0 Å². The van der Waals surface area contributed by atoms with E-state index in [1.807, 2.05) is 56.4 Å². The van der Waals surface area contributed by atoms with Gasteiger partial charge in [-0.3, -0.25) is 9.97 Å². The first-order valence-corrected chi connectivity index (χ1v) is 11.7. The third kappa shape index (κ3) is 4.22. The Kier molecular flexibility index (Phi) is 5.94. The van der Waals surface area contributed by atoms with Crippen molar-refractivity contribution in [3.63, 3.8) is 0 Å². The van der Waals surface area contributed by atoms with E-state index >= 15 is 0 Å². The second-order valence-corrected chi connectivity index (χ2v) is 8.28. The zero-order valence-electron chi connectivity index (χ0n) is 19.7. The molecule has 0 bridgehead atoms. The number of fused-ring (bicyclic) bond motifs is 2. The Hall–Kier alpha value is -4.57. The number of pyridine rings is 2. The van der Waals surface area contributed by atoms with Crippen LogP contribution in [0.4, 0.5) is 17.1 Å². The number of rotatable bonds is 7. The second kappa shape index (κ2) is 9.35. The molecule has 0 saturated heterocycles. The number of aryl methyl sites for hydroxylation is 1. The summed E-state index contributed by atoms with van der Waals surface area (Å²) in [5.41, 5.74) is 12.5. The Bertz CT molecular complexity index is 1570. The fourth-order valence-electron chi connectivity index (χ4n) is 4.37. The highest BCUT2D eigenvalue weighted by molar-refractivity contribution is 6.00. The highest BCUT2D eigenvalue weighted by Crippen LogP contribution is 2.36. The summed E-state index contributed by atoms with van der Waals surface area (Å²) < 4.78 is 7.84. The third-order valence-electron chi connectivity index (χ3n) is 6.04. The molecule has 5 aromatic rings. The highest BCUT2D eigenvalue weighted by Gasteiger charge is 2.17. The Morgan fingerprint density at radius 3 is 2.74 bits per heavy atom. The molecule has 0 aliphatic carbocycles. The molecule has 0 aliphatic rings. The van der Waals surface area contributed by atoms with Crippen LogP contribution in [0.1, 0.15) is 30.8 Å². The van der Waals surface area contributed by atoms with Gasteiger partial charge in [0.15, 0.2) is 0 Å². The van der Waals surface area contributed by atoms with E-state index in [2.05, 4.69) is 45.3 Å². The number of nitrogens with zero attached hydrogens (tertiary/aromatic N) is 4. The van der Waals surface area contributed by atoms with Crippen molar-refractivity contribution in [3.05, 3.63) is 83.9 Å². The van der Waals surface area contributed by atoms with E-state index in [0.29, 0.717) is 42.3 Å². The predicted octanol–water partition coefficient (Wildman–Crippen LogP) is 5.79. The van der Waals surface area contributed by atoms with Crippen LogP contribution in [0.5, 0.6) is 5.75 Å². The molecule has 0 amide bonds. The fourth-order valence-corrected chi connectivity index (χ4v) is 4.37. The minimum absolute atomic E-state index is 0.512. The summed E-state index contributed by atoms with van der Waals surface area (Å²) in [4.78, 5) is 9.17. The van der Waals surface area contributed by atoms with E-state index in [1.165, 1.54) is 0 Å². The Labute approximate surface area is 203 Å². The van der Waals surface area contributed by atoms with Gasteiger partial charge in [0.2, 0.25) is 0 Å². The van der Waals surface area contributed by atoms with Crippen molar-refractivity contribution < 1.29 is 4.74 Å². The van der Waals surface area contributed by atoms with E-state index in [9.17, 15) is 5.26 Å². The van der Waals surface area contributed by atoms with Gasteiger partial charge in [-0.15, -0.1) is 0 Å². The van der Waals surface area contributed by atoms with Crippen LogP contribution >= 0.6 is 0 Å². The van der Waals surface area contributed by atoms with Crippen LogP contribution < -0.4 is 15.8 Å². The van der Waals surface area contributed by atoms with Crippen molar-refractivity contribution in [2.75, 3.05) is 17.7 Å². The van der Waals surface area contributed by atoms with Gasteiger partial charge in [-0.05, 0) is 55.8 Å². The predicted molar refractivity (Wildman–Crippen MR) is 140 cm³/mol. The molecule has 0 spiro atoms. The summed E-state index contributed by atoms with van der Waals surface area (Å²) in [7, 11) is 0. The minimum Gasteiger partial charge on any atom is -0.492 e. The van der Waals surface area contributed by atoms with Crippen LogP contribution in [0.25, 0.3) is 21.8 Å². The minimum atomic E-state index is 0.512. The maximum Gasteiger partial charge on any atom is 0.144 e. The first-order chi connectivity index (χ1) is 17.1. The first kappa shape index (κ1) is 22.2. The van der Waals surface area contributed by atoms with Crippen LogP contribution in [0.3, 0.4) is 0 Å². The van der Waals surface area contributed by atoms with Gasteiger partial charge in [0, 0.05) is 40.4 Å². The van der Waals surface area contributed by atoms with E-state index in [-0.39, 0.29) is 0 Å². The standard InChI is InChI=1S/C28H26N6O/c1-3-24-22(16-29)28(21-14-23(30)27(35-4-2)15-25(21)33-24)32-19-8-9-26-18(13-19)10-12-34(26)17-20-7-5-6-11-31-20/h5-15H,3-4,17,30H2,1-2H3,(H,32,33). The number of hydrogen-bond acceptors (Lipinski definition) is 6. The molecule has 5 rings (SSSR count). The molecule has 7 heteroatoms. The van der Waals surface area contributed by atoms with Gasteiger partial charge in [0.1, 0.15) is 11.8 Å². The van der Waals surface area contributed by atoms with E-state index in [0.717, 1.165) is 38.9 Å². The van der Waals surface area contributed by atoms with Crippen molar-refractivity contribution in [2.45, 2.75) is 26.8 Å². The average Bonchev–Trinajstić information content (AvgIpc) is 3.27. The molecule has 0 fully saturated rings. The molecule has 0 atom stereocenters. The zero-order valence-corrected chi connectivity index (χ0v) is 19.7. The summed E-state index contributed by atoms with van der Waals surface area (Å²) in [5.74, 6) is 0.598. The topological polar surface area (TPSA) is 102 Å². The van der Waals surface area contributed by atoms with Gasteiger partial charge in [-0.2, -0.15) is 5.26 Å². The smallest absolute Gasteiger partial charge is 0.144 e. The number of nitriles is 1. The molecule has 0 aliphatic heterocycles. The molecule has 0 saturated carbocycles. The summed E-state index contributed by atoms with van der Waals surface area (Å²) in [5, 5.41) is 15.4. The summed E-state index contributed by atoms with van der Waals surface area (Å²) >= 11 is 0. The number of anilines is 3. The number of nitrogens with two attached hydrogens (primary N) is 1. The summed E-state index contributed by atoms with van der Waals surface area (Å²) in [6.45, 7) is 5.12. The molecular formula is C28H26N6O. The van der Waals surface area contributed by atoms with Crippen molar-refractivity contribution in [3.8, 4) is 11.8 Å². The van der Waals surface area contributed by atoms with Gasteiger partial charge in [0.25, 0.3) is 0 Å². The van der Waals surface area contributed by atoms with Gasteiger partial charge in [-0.25, -0.2) is 0 Å².